The molecule has 0 spiro atoms. The Bertz CT molecular complexity index is 642. The van der Waals surface area contributed by atoms with Gasteiger partial charge >= 0.3 is 0 Å². The van der Waals surface area contributed by atoms with Crippen LogP contribution in [-0.2, 0) is 6.54 Å². The summed E-state index contributed by atoms with van der Waals surface area (Å²) in [4.78, 5) is 16.2. The maximum absolute atomic E-state index is 12.1. The van der Waals surface area contributed by atoms with Crippen LogP contribution in [0.2, 0.25) is 5.02 Å². The lowest BCUT2D eigenvalue weighted by atomic mass is 10.2. The van der Waals surface area contributed by atoms with E-state index in [9.17, 15) is 4.79 Å². The fraction of sp³-hybridized carbons (Fsp3) is 0.250. The molecule has 1 aromatic carbocycles. The molecule has 5 heteroatoms. The number of aryl methyl sites for hydroxylation is 1. The standard InChI is InChI=1S/C12H10ClN3O/c13-9-3-4-11-10(7-9)12(17)16(8-15-11)6-2-1-5-14/h3-4,7-8H,1-2,6H2. The molecule has 4 nitrogen and oxygen atoms in total. The Morgan fingerprint density at radius 3 is 3.06 bits per heavy atom. The minimum absolute atomic E-state index is 0.115. The lowest BCUT2D eigenvalue weighted by Crippen LogP contribution is -2.20. The van der Waals surface area contributed by atoms with E-state index >= 15 is 0 Å². The van der Waals surface area contributed by atoms with Crippen LogP contribution in [0.1, 0.15) is 12.8 Å². The third kappa shape index (κ3) is 2.45. The van der Waals surface area contributed by atoms with Gasteiger partial charge in [-0.25, -0.2) is 4.98 Å². The lowest BCUT2D eigenvalue weighted by Gasteiger charge is -2.05. The lowest BCUT2D eigenvalue weighted by molar-refractivity contribution is 0.626. The van der Waals surface area contributed by atoms with Crippen molar-refractivity contribution >= 4 is 22.5 Å². The fourth-order valence-corrected chi connectivity index (χ4v) is 1.79. The number of hydrogen-bond donors (Lipinski definition) is 0. The predicted octanol–water partition coefficient (Wildman–Crippen LogP) is 2.35. The highest BCUT2D eigenvalue weighted by atomic mass is 35.5. The summed E-state index contributed by atoms with van der Waals surface area (Å²) in [5.41, 5.74) is 0.520. The SMILES string of the molecule is N#CCCCn1cnc2ccc(Cl)cc2c1=O. The molecule has 0 radical (unpaired) electrons. The van der Waals surface area contributed by atoms with Crippen molar-refractivity contribution in [1.82, 2.24) is 9.55 Å². The van der Waals surface area contributed by atoms with E-state index in [0.717, 1.165) is 0 Å². The van der Waals surface area contributed by atoms with E-state index in [4.69, 9.17) is 16.9 Å². The minimum Gasteiger partial charge on any atom is -0.299 e. The van der Waals surface area contributed by atoms with Crippen molar-refractivity contribution < 1.29 is 0 Å². The van der Waals surface area contributed by atoms with Gasteiger partial charge in [-0.3, -0.25) is 9.36 Å². The molecule has 0 fully saturated rings. The first-order valence-electron chi connectivity index (χ1n) is 5.24. The predicted molar refractivity (Wildman–Crippen MR) is 65.9 cm³/mol. The van der Waals surface area contributed by atoms with Crippen molar-refractivity contribution in [2.24, 2.45) is 0 Å². The second-order valence-electron chi connectivity index (χ2n) is 3.67. The molecule has 2 rings (SSSR count). The molecule has 0 saturated heterocycles. The van der Waals surface area contributed by atoms with Gasteiger partial charge in [0.1, 0.15) is 0 Å². The molecule has 0 aliphatic rings. The largest absolute Gasteiger partial charge is 0.299 e. The zero-order chi connectivity index (χ0) is 12.3. The highest BCUT2D eigenvalue weighted by Crippen LogP contribution is 2.14. The average Bonchev–Trinajstić information content (AvgIpc) is 2.33. The molecule has 86 valence electrons. The van der Waals surface area contributed by atoms with Gasteiger partial charge in [-0.1, -0.05) is 11.6 Å². The Morgan fingerprint density at radius 2 is 2.29 bits per heavy atom. The Hall–Kier alpha value is -1.86. The molecule has 0 unspecified atom stereocenters. The molecular weight excluding hydrogens is 238 g/mol. The van der Waals surface area contributed by atoms with Crippen LogP contribution in [0.3, 0.4) is 0 Å². The Balaban J connectivity index is 2.43. The zero-order valence-corrected chi connectivity index (χ0v) is 9.81. The third-order valence-electron chi connectivity index (χ3n) is 2.47. The minimum atomic E-state index is -0.115. The van der Waals surface area contributed by atoms with Crippen molar-refractivity contribution in [2.45, 2.75) is 19.4 Å². The van der Waals surface area contributed by atoms with Crippen LogP contribution in [0.4, 0.5) is 0 Å². The van der Waals surface area contributed by atoms with Gasteiger partial charge in [0.15, 0.2) is 0 Å². The van der Waals surface area contributed by atoms with Crippen molar-refractivity contribution in [3.63, 3.8) is 0 Å². The van der Waals surface area contributed by atoms with Crippen LogP contribution >= 0.6 is 11.6 Å². The highest BCUT2D eigenvalue weighted by Gasteiger charge is 2.04. The quantitative estimate of drug-likeness (QED) is 0.783. The number of fused-ring (bicyclic) bond motifs is 1. The number of nitrogens with zero attached hydrogens (tertiary/aromatic N) is 3. The van der Waals surface area contributed by atoms with E-state index in [0.29, 0.717) is 35.3 Å². The smallest absolute Gasteiger partial charge is 0.261 e. The normalized spacial score (nSPS) is 10.4. The van der Waals surface area contributed by atoms with E-state index in [1.807, 2.05) is 6.07 Å². The summed E-state index contributed by atoms with van der Waals surface area (Å²) in [5.74, 6) is 0. The van der Waals surface area contributed by atoms with Crippen molar-refractivity contribution in [3.8, 4) is 6.07 Å². The van der Waals surface area contributed by atoms with Gasteiger partial charge < -0.3 is 0 Å². The van der Waals surface area contributed by atoms with E-state index in [1.165, 1.54) is 10.9 Å². The van der Waals surface area contributed by atoms with E-state index < -0.39 is 0 Å². The van der Waals surface area contributed by atoms with E-state index in [-0.39, 0.29) is 5.56 Å². The van der Waals surface area contributed by atoms with Gasteiger partial charge in [0, 0.05) is 18.0 Å². The summed E-state index contributed by atoms with van der Waals surface area (Å²) in [6.45, 7) is 0.502. The Kier molecular flexibility index (Phi) is 3.40. The van der Waals surface area contributed by atoms with Crippen molar-refractivity contribution in [3.05, 3.63) is 39.9 Å². The molecule has 0 atom stereocenters. The summed E-state index contributed by atoms with van der Waals surface area (Å²) >= 11 is 5.85. The number of hydrogen-bond acceptors (Lipinski definition) is 3. The van der Waals surface area contributed by atoms with Gasteiger partial charge in [-0.2, -0.15) is 5.26 Å². The first-order chi connectivity index (χ1) is 8.22. The molecule has 0 aliphatic carbocycles. The van der Waals surface area contributed by atoms with Gasteiger partial charge in [-0.15, -0.1) is 0 Å². The first kappa shape index (κ1) is 11.6. The number of rotatable bonds is 3. The molecule has 0 aliphatic heterocycles. The molecule has 0 bridgehead atoms. The summed E-state index contributed by atoms with van der Waals surface area (Å²) in [6.07, 6.45) is 2.58. The topological polar surface area (TPSA) is 58.7 Å². The monoisotopic (exact) mass is 247 g/mol. The first-order valence-corrected chi connectivity index (χ1v) is 5.62. The zero-order valence-electron chi connectivity index (χ0n) is 9.06. The summed E-state index contributed by atoms with van der Waals surface area (Å²) in [6, 6.07) is 7.09. The van der Waals surface area contributed by atoms with Gasteiger partial charge in [-0.05, 0) is 24.6 Å². The third-order valence-corrected chi connectivity index (χ3v) is 2.71. The number of halogens is 1. The number of nitriles is 1. The van der Waals surface area contributed by atoms with Crippen LogP contribution in [0.5, 0.6) is 0 Å². The van der Waals surface area contributed by atoms with E-state index in [1.54, 1.807) is 18.2 Å². The number of benzene rings is 1. The van der Waals surface area contributed by atoms with Gasteiger partial charge in [0.25, 0.3) is 5.56 Å². The maximum Gasteiger partial charge on any atom is 0.261 e. The van der Waals surface area contributed by atoms with Crippen molar-refractivity contribution in [2.75, 3.05) is 0 Å². The molecule has 1 heterocycles. The van der Waals surface area contributed by atoms with E-state index in [2.05, 4.69) is 4.98 Å². The van der Waals surface area contributed by atoms with Crippen LogP contribution in [0.15, 0.2) is 29.3 Å². The molecule has 2 aromatic rings. The second-order valence-corrected chi connectivity index (χ2v) is 4.10. The average molecular weight is 248 g/mol. The number of unbranched alkanes of at least 4 members (excludes halogenated alkanes) is 1. The molecule has 0 saturated carbocycles. The fourth-order valence-electron chi connectivity index (χ4n) is 1.62. The molecule has 1 aromatic heterocycles. The number of aromatic nitrogens is 2. The van der Waals surface area contributed by atoms with Crippen LogP contribution in [-0.4, -0.2) is 9.55 Å². The molecule has 0 amide bonds. The van der Waals surface area contributed by atoms with Crippen LogP contribution in [0, 0.1) is 11.3 Å². The maximum atomic E-state index is 12.1. The molecule has 17 heavy (non-hydrogen) atoms. The van der Waals surface area contributed by atoms with Gasteiger partial charge in [0.2, 0.25) is 0 Å². The highest BCUT2D eigenvalue weighted by molar-refractivity contribution is 6.31. The van der Waals surface area contributed by atoms with Crippen LogP contribution in [0.25, 0.3) is 10.9 Å². The molecular formula is C12H10ClN3O. The molecule has 0 N–H and O–H groups in total. The van der Waals surface area contributed by atoms with Crippen LogP contribution < -0.4 is 5.56 Å². The Morgan fingerprint density at radius 1 is 1.47 bits per heavy atom. The summed E-state index contributed by atoms with van der Waals surface area (Å²) in [5, 5.41) is 9.48. The summed E-state index contributed by atoms with van der Waals surface area (Å²) < 4.78 is 1.51. The van der Waals surface area contributed by atoms with Crippen molar-refractivity contribution in [1.29, 1.82) is 5.26 Å². The second kappa shape index (κ2) is 4.98. The van der Waals surface area contributed by atoms with Gasteiger partial charge in [0.05, 0.1) is 23.3 Å². The summed E-state index contributed by atoms with van der Waals surface area (Å²) in [7, 11) is 0. The Labute approximate surface area is 103 Å².